The molecule has 0 saturated carbocycles. The minimum atomic E-state index is -3.68. The molecule has 0 aliphatic heterocycles. The van der Waals surface area contributed by atoms with E-state index in [4.69, 9.17) is 5.73 Å². The van der Waals surface area contributed by atoms with Crippen molar-refractivity contribution in [1.82, 2.24) is 4.98 Å². The van der Waals surface area contributed by atoms with Gasteiger partial charge in [-0.05, 0) is 49.2 Å². The Kier molecular flexibility index (Phi) is 3.44. The van der Waals surface area contributed by atoms with Crippen molar-refractivity contribution in [2.75, 3.05) is 10.5 Å². The van der Waals surface area contributed by atoms with Gasteiger partial charge in [-0.1, -0.05) is 6.07 Å². The Morgan fingerprint density at radius 3 is 2.58 bits per heavy atom. The molecule has 6 heteroatoms. The van der Waals surface area contributed by atoms with Crippen molar-refractivity contribution in [2.24, 2.45) is 0 Å². The third-order valence-electron chi connectivity index (χ3n) is 2.74. The number of hydrogen-bond donors (Lipinski definition) is 2. The van der Waals surface area contributed by atoms with Crippen LogP contribution in [0.5, 0.6) is 0 Å². The van der Waals surface area contributed by atoms with Crippen molar-refractivity contribution in [3.05, 3.63) is 47.7 Å². The maximum absolute atomic E-state index is 12.3. The van der Waals surface area contributed by atoms with E-state index in [1.165, 1.54) is 6.20 Å². The summed E-state index contributed by atoms with van der Waals surface area (Å²) in [5.41, 5.74) is 7.60. The number of nitrogen functional groups attached to an aromatic ring is 1. The standard InChI is InChI=1S/C13H15N3O2S/c1-9-7-11(14)10(2)12(8-9)19(17,18)16-13-5-3-4-6-15-13/h3-8H,14H2,1-2H3,(H,15,16). The molecule has 0 fully saturated rings. The average molecular weight is 277 g/mol. The summed E-state index contributed by atoms with van der Waals surface area (Å²) in [6.07, 6.45) is 1.52. The number of anilines is 2. The highest BCUT2D eigenvalue weighted by Crippen LogP contribution is 2.24. The minimum Gasteiger partial charge on any atom is -0.398 e. The van der Waals surface area contributed by atoms with Crippen LogP contribution in [-0.2, 0) is 10.0 Å². The number of aryl methyl sites for hydroxylation is 1. The molecule has 0 radical (unpaired) electrons. The number of nitrogens with two attached hydrogens (primary N) is 1. The highest BCUT2D eigenvalue weighted by molar-refractivity contribution is 7.92. The van der Waals surface area contributed by atoms with E-state index in [-0.39, 0.29) is 10.7 Å². The van der Waals surface area contributed by atoms with Crippen molar-refractivity contribution < 1.29 is 8.42 Å². The molecule has 0 saturated heterocycles. The summed E-state index contributed by atoms with van der Waals surface area (Å²) < 4.78 is 27.1. The van der Waals surface area contributed by atoms with Crippen LogP contribution >= 0.6 is 0 Å². The Morgan fingerprint density at radius 1 is 1.21 bits per heavy atom. The number of nitrogens with one attached hydrogen (secondary N) is 1. The normalized spacial score (nSPS) is 11.3. The van der Waals surface area contributed by atoms with Gasteiger partial charge in [0.25, 0.3) is 10.0 Å². The van der Waals surface area contributed by atoms with Gasteiger partial charge in [0.1, 0.15) is 5.82 Å². The third kappa shape index (κ3) is 2.85. The van der Waals surface area contributed by atoms with Gasteiger partial charge in [0.05, 0.1) is 4.90 Å². The van der Waals surface area contributed by atoms with Gasteiger partial charge in [-0.2, -0.15) is 0 Å². The first-order valence-corrected chi connectivity index (χ1v) is 7.19. The minimum absolute atomic E-state index is 0.177. The predicted octanol–water partition coefficient (Wildman–Crippen LogP) is 2.08. The molecule has 0 atom stereocenters. The second kappa shape index (κ2) is 4.89. The van der Waals surface area contributed by atoms with Crippen LogP contribution in [-0.4, -0.2) is 13.4 Å². The summed E-state index contributed by atoms with van der Waals surface area (Å²) >= 11 is 0. The molecular formula is C13H15N3O2S. The largest absolute Gasteiger partial charge is 0.398 e. The molecule has 3 N–H and O–H groups in total. The fraction of sp³-hybridized carbons (Fsp3) is 0.154. The Morgan fingerprint density at radius 2 is 1.95 bits per heavy atom. The molecule has 2 aromatic rings. The van der Waals surface area contributed by atoms with Gasteiger partial charge in [-0.15, -0.1) is 0 Å². The highest BCUT2D eigenvalue weighted by Gasteiger charge is 2.19. The quantitative estimate of drug-likeness (QED) is 0.841. The second-order valence-electron chi connectivity index (χ2n) is 4.30. The molecule has 2 rings (SSSR count). The van der Waals surface area contributed by atoms with E-state index in [9.17, 15) is 8.42 Å². The Balaban J connectivity index is 2.46. The Bertz CT molecular complexity index is 697. The van der Waals surface area contributed by atoms with Crippen molar-refractivity contribution in [3.8, 4) is 0 Å². The first-order chi connectivity index (χ1) is 8.90. The van der Waals surface area contributed by atoms with E-state index >= 15 is 0 Å². The molecule has 1 aromatic carbocycles. The molecule has 0 bridgehead atoms. The SMILES string of the molecule is Cc1cc(N)c(C)c(S(=O)(=O)Nc2ccccn2)c1. The van der Waals surface area contributed by atoms with Crippen molar-refractivity contribution in [1.29, 1.82) is 0 Å². The van der Waals surface area contributed by atoms with Gasteiger partial charge in [0, 0.05) is 11.9 Å². The third-order valence-corrected chi connectivity index (χ3v) is 4.22. The van der Waals surface area contributed by atoms with Crippen LogP contribution in [0.2, 0.25) is 0 Å². The average Bonchev–Trinajstić information content (AvgIpc) is 2.34. The van der Waals surface area contributed by atoms with Crippen molar-refractivity contribution >= 4 is 21.5 Å². The number of aromatic nitrogens is 1. The lowest BCUT2D eigenvalue weighted by Gasteiger charge is -2.12. The van der Waals surface area contributed by atoms with Gasteiger partial charge in [-0.25, -0.2) is 13.4 Å². The van der Waals surface area contributed by atoms with Crippen LogP contribution in [0.4, 0.5) is 11.5 Å². The van der Waals surface area contributed by atoms with Crippen LogP contribution in [0.3, 0.4) is 0 Å². The number of nitrogens with zero attached hydrogens (tertiary/aromatic N) is 1. The molecule has 1 aromatic heterocycles. The molecule has 0 amide bonds. The molecular weight excluding hydrogens is 262 g/mol. The zero-order chi connectivity index (χ0) is 14.0. The molecule has 19 heavy (non-hydrogen) atoms. The number of hydrogen-bond acceptors (Lipinski definition) is 4. The summed E-state index contributed by atoms with van der Waals surface area (Å²) in [5, 5.41) is 0. The summed E-state index contributed by atoms with van der Waals surface area (Å²) in [6.45, 7) is 3.48. The van der Waals surface area contributed by atoms with Crippen molar-refractivity contribution in [3.63, 3.8) is 0 Å². The second-order valence-corrected chi connectivity index (χ2v) is 5.95. The number of rotatable bonds is 3. The topological polar surface area (TPSA) is 85.1 Å². The summed E-state index contributed by atoms with van der Waals surface area (Å²) in [4.78, 5) is 4.12. The molecule has 0 aliphatic carbocycles. The summed E-state index contributed by atoms with van der Waals surface area (Å²) in [6, 6.07) is 8.36. The summed E-state index contributed by atoms with van der Waals surface area (Å²) in [7, 11) is -3.68. The van der Waals surface area contributed by atoms with E-state index in [0.29, 0.717) is 11.3 Å². The number of pyridine rings is 1. The Hall–Kier alpha value is -2.08. The first-order valence-electron chi connectivity index (χ1n) is 5.71. The van der Waals surface area contributed by atoms with E-state index in [1.54, 1.807) is 44.2 Å². The number of sulfonamides is 1. The van der Waals surface area contributed by atoms with E-state index in [2.05, 4.69) is 9.71 Å². The van der Waals surface area contributed by atoms with Gasteiger partial charge in [-0.3, -0.25) is 4.72 Å². The smallest absolute Gasteiger partial charge is 0.263 e. The van der Waals surface area contributed by atoms with Gasteiger partial charge in [0.15, 0.2) is 0 Å². The summed E-state index contributed by atoms with van der Waals surface area (Å²) in [5.74, 6) is 0.280. The van der Waals surface area contributed by atoms with Gasteiger partial charge < -0.3 is 5.73 Å². The predicted molar refractivity (Wildman–Crippen MR) is 75.4 cm³/mol. The fourth-order valence-corrected chi connectivity index (χ4v) is 3.12. The maximum atomic E-state index is 12.3. The fourth-order valence-electron chi connectivity index (χ4n) is 1.75. The highest BCUT2D eigenvalue weighted by atomic mass is 32.2. The van der Waals surface area contributed by atoms with E-state index in [1.807, 2.05) is 0 Å². The monoisotopic (exact) mass is 277 g/mol. The molecule has 0 spiro atoms. The zero-order valence-electron chi connectivity index (χ0n) is 10.7. The molecule has 0 aliphatic rings. The number of benzene rings is 1. The van der Waals surface area contributed by atoms with Crippen LogP contribution in [0, 0.1) is 13.8 Å². The van der Waals surface area contributed by atoms with E-state index < -0.39 is 10.0 Å². The van der Waals surface area contributed by atoms with Gasteiger partial charge in [0.2, 0.25) is 0 Å². The van der Waals surface area contributed by atoms with Crippen LogP contribution in [0.15, 0.2) is 41.4 Å². The molecule has 5 nitrogen and oxygen atoms in total. The Labute approximate surface area is 112 Å². The van der Waals surface area contributed by atoms with Crippen LogP contribution < -0.4 is 10.5 Å². The van der Waals surface area contributed by atoms with Crippen LogP contribution in [0.1, 0.15) is 11.1 Å². The van der Waals surface area contributed by atoms with Crippen LogP contribution in [0.25, 0.3) is 0 Å². The lowest BCUT2D eigenvalue weighted by Crippen LogP contribution is -2.16. The molecule has 1 heterocycles. The molecule has 100 valence electrons. The van der Waals surface area contributed by atoms with Gasteiger partial charge >= 0.3 is 0 Å². The van der Waals surface area contributed by atoms with Crippen molar-refractivity contribution in [2.45, 2.75) is 18.7 Å². The molecule has 0 unspecified atom stereocenters. The lowest BCUT2D eigenvalue weighted by atomic mass is 10.1. The lowest BCUT2D eigenvalue weighted by molar-refractivity contribution is 0.600. The zero-order valence-corrected chi connectivity index (χ0v) is 11.5. The first kappa shape index (κ1) is 13.4. The van der Waals surface area contributed by atoms with E-state index in [0.717, 1.165) is 5.56 Å². The maximum Gasteiger partial charge on any atom is 0.263 e.